The average Bonchev–Trinajstić information content (AvgIpc) is 2.66. The third-order valence-corrected chi connectivity index (χ3v) is 4.28. The van der Waals surface area contributed by atoms with Gasteiger partial charge < -0.3 is 19.5 Å². The Bertz CT molecular complexity index is 709. The first-order valence-electron chi connectivity index (χ1n) is 8.35. The Labute approximate surface area is 154 Å². The van der Waals surface area contributed by atoms with E-state index in [1.165, 1.54) is 14.2 Å². The lowest BCUT2D eigenvalue weighted by molar-refractivity contribution is -0.117. The van der Waals surface area contributed by atoms with Crippen LogP contribution < -0.4 is 19.5 Å². The first-order chi connectivity index (χ1) is 12.5. The standard InChI is InChI=1S/C20H26N2O4/c1-14(15-9-7-6-8-10-15)22(2)13-19(23)21-16-11-17(24-3)20(26-5)18(12-16)25-4/h6-12,14H,13H2,1-5H3,(H,21,23)/t14-/m1/s1. The molecule has 1 N–H and O–H groups in total. The van der Waals surface area contributed by atoms with Gasteiger partial charge in [0.25, 0.3) is 0 Å². The molecule has 2 rings (SSSR count). The van der Waals surface area contributed by atoms with Gasteiger partial charge in [0.05, 0.1) is 27.9 Å². The Morgan fingerprint density at radius 3 is 2.12 bits per heavy atom. The molecule has 1 atom stereocenters. The summed E-state index contributed by atoms with van der Waals surface area (Å²) in [5, 5.41) is 2.88. The van der Waals surface area contributed by atoms with Crippen molar-refractivity contribution in [2.45, 2.75) is 13.0 Å². The van der Waals surface area contributed by atoms with Crippen molar-refractivity contribution in [1.29, 1.82) is 0 Å². The number of carbonyl (C=O) groups is 1. The van der Waals surface area contributed by atoms with Gasteiger partial charge in [0.1, 0.15) is 0 Å². The number of hydrogen-bond acceptors (Lipinski definition) is 5. The maximum absolute atomic E-state index is 12.4. The van der Waals surface area contributed by atoms with E-state index in [0.717, 1.165) is 5.56 Å². The normalized spacial score (nSPS) is 11.8. The number of methoxy groups -OCH3 is 3. The molecule has 0 aromatic heterocycles. The summed E-state index contributed by atoms with van der Waals surface area (Å²) in [6.45, 7) is 2.33. The Kier molecular flexibility index (Phi) is 6.86. The van der Waals surface area contributed by atoms with Crippen molar-refractivity contribution in [3.8, 4) is 17.2 Å². The minimum atomic E-state index is -0.121. The minimum Gasteiger partial charge on any atom is -0.493 e. The summed E-state index contributed by atoms with van der Waals surface area (Å²) < 4.78 is 15.9. The second kappa shape index (κ2) is 9.10. The van der Waals surface area contributed by atoms with Gasteiger partial charge >= 0.3 is 0 Å². The van der Waals surface area contributed by atoms with Gasteiger partial charge in [-0.05, 0) is 19.5 Å². The summed E-state index contributed by atoms with van der Waals surface area (Å²) in [5.41, 5.74) is 1.75. The lowest BCUT2D eigenvalue weighted by Gasteiger charge is -2.24. The van der Waals surface area contributed by atoms with E-state index in [4.69, 9.17) is 14.2 Å². The maximum Gasteiger partial charge on any atom is 0.238 e. The van der Waals surface area contributed by atoms with Crippen LogP contribution in [-0.2, 0) is 4.79 Å². The molecule has 0 saturated heterocycles. The summed E-state index contributed by atoms with van der Waals surface area (Å²) in [5.74, 6) is 1.36. The summed E-state index contributed by atoms with van der Waals surface area (Å²) in [4.78, 5) is 14.4. The molecule has 0 fully saturated rings. The maximum atomic E-state index is 12.4. The number of rotatable bonds is 8. The number of nitrogens with zero attached hydrogens (tertiary/aromatic N) is 1. The Morgan fingerprint density at radius 2 is 1.62 bits per heavy atom. The summed E-state index contributed by atoms with van der Waals surface area (Å²) in [7, 11) is 6.54. The third kappa shape index (κ3) is 4.67. The summed E-state index contributed by atoms with van der Waals surface area (Å²) >= 11 is 0. The van der Waals surface area contributed by atoms with Gasteiger partial charge in [-0.25, -0.2) is 0 Å². The minimum absolute atomic E-state index is 0.121. The molecule has 26 heavy (non-hydrogen) atoms. The van der Waals surface area contributed by atoms with Crippen molar-refractivity contribution in [2.24, 2.45) is 0 Å². The van der Waals surface area contributed by atoms with Gasteiger partial charge in [-0.15, -0.1) is 0 Å². The van der Waals surface area contributed by atoms with E-state index < -0.39 is 0 Å². The topological polar surface area (TPSA) is 60.0 Å². The van der Waals surface area contributed by atoms with Crippen molar-refractivity contribution >= 4 is 11.6 Å². The molecule has 2 aromatic rings. The van der Waals surface area contributed by atoms with Gasteiger partial charge in [-0.3, -0.25) is 9.69 Å². The van der Waals surface area contributed by atoms with Crippen LogP contribution in [0, 0.1) is 0 Å². The molecule has 0 bridgehead atoms. The Hall–Kier alpha value is -2.73. The van der Waals surface area contributed by atoms with Crippen molar-refractivity contribution in [3.05, 3.63) is 48.0 Å². The second-order valence-electron chi connectivity index (χ2n) is 5.96. The van der Waals surface area contributed by atoms with Crippen LogP contribution in [0.2, 0.25) is 0 Å². The molecule has 0 aliphatic rings. The zero-order chi connectivity index (χ0) is 19.1. The lowest BCUT2D eigenvalue weighted by atomic mass is 10.1. The number of anilines is 1. The lowest BCUT2D eigenvalue weighted by Crippen LogP contribution is -2.32. The molecule has 0 unspecified atom stereocenters. The number of likely N-dealkylation sites (N-methyl/N-ethyl adjacent to an activating group) is 1. The van der Waals surface area contributed by atoms with Crippen LogP contribution in [0.25, 0.3) is 0 Å². The zero-order valence-electron chi connectivity index (χ0n) is 15.9. The predicted molar refractivity (Wildman–Crippen MR) is 102 cm³/mol. The first-order valence-corrected chi connectivity index (χ1v) is 8.35. The highest BCUT2D eigenvalue weighted by Crippen LogP contribution is 2.39. The monoisotopic (exact) mass is 358 g/mol. The molecule has 6 nitrogen and oxygen atoms in total. The van der Waals surface area contributed by atoms with Crippen LogP contribution in [0.1, 0.15) is 18.5 Å². The SMILES string of the molecule is COc1cc(NC(=O)CN(C)[C@H](C)c2ccccc2)cc(OC)c1OC. The van der Waals surface area contributed by atoms with Crippen molar-refractivity contribution in [1.82, 2.24) is 4.90 Å². The summed E-state index contributed by atoms with van der Waals surface area (Å²) in [6, 6.07) is 13.6. The molecule has 0 radical (unpaired) electrons. The molecule has 6 heteroatoms. The quantitative estimate of drug-likeness (QED) is 0.784. The number of carbonyl (C=O) groups excluding carboxylic acids is 1. The van der Waals surface area contributed by atoms with Gasteiger partial charge in [0.15, 0.2) is 11.5 Å². The molecular weight excluding hydrogens is 332 g/mol. The predicted octanol–water partition coefficient (Wildman–Crippen LogP) is 3.34. The van der Waals surface area contributed by atoms with E-state index in [1.54, 1.807) is 19.2 Å². The third-order valence-electron chi connectivity index (χ3n) is 4.28. The molecule has 0 aliphatic carbocycles. The largest absolute Gasteiger partial charge is 0.493 e. The molecular formula is C20H26N2O4. The average molecular weight is 358 g/mol. The van der Waals surface area contributed by atoms with Gasteiger partial charge in [-0.2, -0.15) is 0 Å². The number of benzene rings is 2. The number of nitrogens with one attached hydrogen (secondary N) is 1. The number of hydrogen-bond donors (Lipinski definition) is 1. The van der Waals surface area contributed by atoms with Crippen LogP contribution in [-0.4, -0.2) is 45.7 Å². The fraction of sp³-hybridized carbons (Fsp3) is 0.350. The molecule has 0 spiro atoms. The highest BCUT2D eigenvalue weighted by Gasteiger charge is 2.17. The Morgan fingerprint density at radius 1 is 1.04 bits per heavy atom. The fourth-order valence-electron chi connectivity index (χ4n) is 2.70. The molecule has 0 heterocycles. The van der Waals surface area contributed by atoms with Crippen LogP contribution in [0.3, 0.4) is 0 Å². The first kappa shape index (κ1) is 19.6. The highest BCUT2D eigenvalue weighted by atomic mass is 16.5. The van der Waals surface area contributed by atoms with E-state index in [9.17, 15) is 4.79 Å². The second-order valence-corrected chi connectivity index (χ2v) is 5.96. The number of ether oxygens (including phenoxy) is 3. The highest BCUT2D eigenvalue weighted by molar-refractivity contribution is 5.93. The van der Waals surface area contributed by atoms with E-state index in [-0.39, 0.29) is 18.5 Å². The smallest absolute Gasteiger partial charge is 0.238 e. The van der Waals surface area contributed by atoms with E-state index in [1.807, 2.05) is 30.1 Å². The van der Waals surface area contributed by atoms with Crippen LogP contribution >= 0.6 is 0 Å². The van der Waals surface area contributed by atoms with Crippen LogP contribution in [0.15, 0.2) is 42.5 Å². The fourth-order valence-corrected chi connectivity index (χ4v) is 2.70. The van der Waals surface area contributed by atoms with Crippen molar-refractivity contribution < 1.29 is 19.0 Å². The number of amides is 1. The van der Waals surface area contributed by atoms with E-state index in [0.29, 0.717) is 22.9 Å². The molecule has 0 aliphatic heterocycles. The summed E-state index contributed by atoms with van der Waals surface area (Å²) in [6.07, 6.45) is 0. The van der Waals surface area contributed by atoms with E-state index >= 15 is 0 Å². The van der Waals surface area contributed by atoms with Gasteiger partial charge in [0, 0.05) is 23.9 Å². The molecule has 2 aromatic carbocycles. The zero-order valence-corrected chi connectivity index (χ0v) is 15.9. The molecule has 140 valence electrons. The van der Waals surface area contributed by atoms with Crippen LogP contribution in [0.4, 0.5) is 5.69 Å². The van der Waals surface area contributed by atoms with Gasteiger partial charge in [0.2, 0.25) is 11.7 Å². The molecule has 0 saturated carbocycles. The Balaban J connectivity index is 2.07. The van der Waals surface area contributed by atoms with E-state index in [2.05, 4.69) is 24.4 Å². The van der Waals surface area contributed by atoms with Gasteiger partial charge in [-0.1, -0.05) is 30.3 Å². The van der Waals surface area contributed by atoms with Crippen molar-refractivity contribution in [3.63, 3.8) is 0 Å². The van der Waals surface area contributed by atoms with Crippen LogP contribution in [0.5, 0.6) is 17.2 Å². The molecule has 1 amide bonds. The van der Waals surface area contributed by atoms with Crippen molar-refractivity contribution in [2.75, 3.05) is 40.2 Å².